The topological polar surface area (TPSA) is 73.9 Å². The van der Waals surface area contributed by atoms with Crippen molar-refractivity contribution in [1.29, 1.82) is 0 Å². The highest BCUT2D eigenvalue weighted by molar-refractivity contribution is 7.86. The summed E-state index contributed by atoms with van der Waals surface area (Å²) in [7, 11) is -1.19. The lowest BCUT2D eigenvalue weighted by Gasteiger charge is -2.36. The van der Waals surface area contributed by atoms with E-state index in [1.165, 1.54) is 12.1 Å². The molecule has 0 bridgehead atoms. The lowest BCUT2D eigenvalue weighted by atomic mass is 9.88. The van der Waals surface area contributed by atoms with Gasteiger partial charge in [-0.2, -0.15) is 0 Å². The van der Waals surface area contributed by atoms with E-state index in [-0.39, 0.29) is 18.1 Å². The van der Waals surface area contributed by atoms with Crippen molar-refractivity contribution in [2.75, 3.05) is 12.4 Å². The van der Waals surface area contributed by atoms with Crippen LogP contribution in [0, 0.1) is 5.82 Å². The van der Waals surface area contributed by atoms with Gasteiger partial charge in [0.2, 0.25) is 5.91 Å². The van der Waals surface area contributed by atoms with Gasteiger partial charge in [-0.05, 0) is 67.6 Å². The fourth-order valence-electron chi connectivity index (χ4n) is 4.20. The molecule has 4 rings (SSSR count). The van der Waals surface area contributed by atoms with Gasteiger partial charge >= 0.3 is 0 Å². The van der Waals surface area contributed by atoms with Gasteiger partial charge in [0.05, 0.1) is 11.2 Å². The Morgan fingerprint density at radius 3 is 2.44 bits per heavy atom. The molecule has 3 unspecified atom stereocenters. The first-order valence-electron chi connectivity index (χ1n) is 11.0. The molecule has 3 atom stereocenters. The summed E-state index contributed by atoms with van der Waals surface area (Å²) in [6, 6.07) is 13.1. The molecular formula is C24H28FNO5S. The monoisotopic (exact) mass is 461 g/mol. The molecule has 2 fully saturated rings. The first kappa shape index (κ1) is 22.9. The number of nitrogens with one attached hydrogen (secondary N) is 1. The number of halogens is 1. The van der Waals surface area contributed by atoms with Crippen molar-refractivity contribution < 1.29 is 27.7 Å². The lowest BCUT2D eigenvalue weighted by Crippen LogP contribution is -2.42. The summed E-state index contributed by atoms with van der Waals surface area (Å²) in [6.07, 6.45) is 4.83. The highest BCUT2D eigenvalue weighted by atomic mass is 32.2. The first-order valence-corrected chi connectivity index (χ1v) is 12.4. The molecule has 32 heavy (non-hydrogen) atoms. The molecule has 2 aliphatic rings. The highest BCUT2D eigenvalue weighted by Crippen LogP contribution is 2.41. The Kier molecular flexibility index (Phi) is 7.55. The quantitative estimate of drug-likeness (QED) is 0.605. The number of ether oxygens (including phenoxy) is 2. The zero-order valence-corrected chi connectivity index (χ0v) is 18.7. The molecule has 2 aromatic carbocycles. The standard InChI is InChI=1S/C24H28FNO5S/c25-19-8-12-21(13-9-19)30-20-10-6-18(7-11-20)24(14-2-4-16-32(24)28)17-22(27)26-31-23-5-1-3-15-29-23/h6-13,23H,1-5,14-17H2,(H,26,27). The van der Waals surface area contributed by atoms with Gasteiger partial charge in [-0.25, -0.2) is 14.7 Å². The molecule has 2 heterocycles. The van der Waals surface area contributed by atoms with Crippen molar-refractivity contribution in [1.82, 2.24) is 5.48 Å². The predicted molar refractivity (Wildman–Crippen MR) is 119 cm³/mol. The normalized spacial score (nSPS) is 25.8. The summed E-state index contributed by atoms with van der Waals surface area (Å²) in [6.45, 7) is 0.626. The zero-order valence-electron chi connectivity index (χ0n) is 17.9. The van der Waals surface area contributed by atoms with E-state index in [0.717, 1.165) is 37.7 Å². The maximum Gasteiger partial charge on any atom is 0.245 e. The van der Waals surface area contributed by atoms with Crippen LogP contribution in [0.4, 0.5) is 4.39 Å². The van der Waals surface area contributed by atoms with Crippen LogP contribution >= 0.6 is 0 Å². The number of benzene rings is 2. The predicted octanol–water partition coefficient (Wildman–Crippen LogP) is 4.71. The van der Waals surface area contributed by atoms with Crippen molar-refractivity contribution in [2.45, 2.75) is 56.0 Å². The van der Waals surface area contributed by atoms with Gasteiger partial charge in [-0.1, -0.05) is 18.6 Å². The van der Waals surface area contributed by atoms with Crippen molar-refractivity contribution in [3.63, 3.8) is 0 Å². The van der Waals surface area contributed by atoms with Gasteiger partial charge in [0, 0.05) is 29.6 Å². The van der Waals surface area contributed by atoms with Crippen molar-refractivity contribution >= 4 is 16.7 Å². The molecule has 2 aliphatic heterocycles. The van der Waals surface area contributed by atoms with Crippen LogP contribution < -0.4 is 10.2 Å². The molecule has 0 saturated carbocycles. The molecule has 6 nitrogen and oxygen atoms in total. The fraction of sp³-hybridized carbons (Fsp3) is 0.458. The summed E-state index contributed by atoms with van der Waals surface area (Å²) in [5.74, 6) is 1.04. The zero-order chi connectivity index (χ0) is 22.4. The summed E-state index contributed by atoms with van der Waals surface area (Å²) >= 11 is 0. The Labute approximate surface area is 189 Å². The van der Waals surface area contributed by atoms with Gasteiger partial charge in [-0.3, -0.25) is 9.00 Å². The minimum absolute atomic E-state index is 0.0739. The van der Waals surface area contributed by atoms with E-state index in [4.69, 9.17) is 14.3 Å². The third kappa shape index (κ3) is 5.54. The second-order valence-electron chi connectivity index (χ2n) is 8.20. The van der Waals surface area contributed by atoms with Crippen LogP contribution in [0.1, 0.15) is 50.5 Å². The number of amides is 1. The van der Waals surface area contributed by atoms with Gasteiger partial charge < -0.3 is 9.47 Å². The van der Waals surface area contributed by atoms with Crippen LogP contribution in [0.3, 0.4) is 0 Å². The number of hydrogen-bond donors (Lipinski definition) is 1. The molecular weight excluding hydrogens is 433 g/mol. The molecule has 0 aromatic heterocycles. The third-order valence-corrected chi connectivity index (χ3v) is 8.03. The van der Waals surface area contributed by atoms with Crippen LogP contribution in [-0.4, -0.2) is 28.8 Å². The Balaban J connectivity index is 1.46. The Morgan fingerprint density at radius 1 is 1.06 bits per heavy atom. The molecule has 1 N–H and O–H groups in total. The van der Waals surface area contributed by atoms with Crippen molar-refractivity contribution in [3.05, 3.63) is 59.9 Å². The SMILES string of the molecule is O=C(CC1(c2ccc(Oc3ccc(F)cc3)cc2)CCCCS1=O)NOC1CCCCO1. The number of rotatable bonds is 7. The number of hydroxylamine groups is 1. The molecule has 172 valence electrons. The third-order valence-electron chi connectivity index (χ3n) is 5.91. The van der Waals surface area contributed by atoms with Gasteiger partial charge in [0.25, 0.3) is 0 Å². The van der Waals surface area contributed by atoms with Crippen LogP contribution in [0.15, 0.2) is 48.5 Å². The van der Waals surface area contributed by atoms with Crippen LogP contribution in [0.25, 0.3) is 0 Å². The average molecular weight is 462 g/mol. The van der Waals surface area contributed by atoms with E-state index in [9.17, 15) is 13.4 Å². The van der Waals surface area contributed by atoms with Crippen molar-refractivity contribution in [3.8, 4) is 11.5 Å². The van der Waals surface area contributed by atoms with Gasteiger partial charge in [0.15, 0.2) is 6.29 Å². The lowest BCUT2D eigenvalue weighted by molar-refractivity contribution is -0.200. The van der Waals surface area contributed by atoms with Crippen molar-refractivity contribution in [2.24, 2.45) is 0 Å². The number of carbonyl (C=O) groups excluding carboxylic acids is 1. The number of hydrogen-bond acceptors (Lipinski definition) is 5. The maximum absolute atomic E-state index is 13.2. The number of carbonyl (C=O) groups is 1. The molecule has 2 aromatic rings. The second-order valence-corrected chi connectivity index (χ2v) is 10.1. The second kappa shape index (κ2) is 10.6. The Morgan fingerprint density at radius 2 is 1.78 bits per heavy atom. The maximum atomic E-state index is 13.2. The molecule has 0 radical (unpaired) electrons. The van der Waals surface area contributed by atoms with E-state index < -0.39 is 21.8 Å². The van der Waals surface area contributed by atoms with E-state index in [1.807, 2.05) is 12.1 Å². The minimum Gasteiger partial charge on any atom is -0.457 e. The van der Waals surface area contributed by atoms with E-state index in [1.54, 1.807) is 24.3 Å². The average Bonchev–Trinajstić information content (AvgIpc) is 2.82. The van der Waals surface area contributed by atoms with E-state index in [0.29, 0.717) is 30.3 Å². The first-order chi connectivity index (χ1) is 15.5. The van der Waals surface area contributed by atoms with Crippen LogP contribution in [0.5, 0.6) is 11.5 Å². The van der Waals surface area contributed by atoms with Crippen LogP contribution in [-0.2, 0) is 29.9 Å². The largest absolute Gasteiger partial charge is 0.457 e. The summed E-state index contributed by atoms with van der Waals surface area (Å²) < 4.78 is 36.7. The molecule has 8 heteroatoms. The van der Waals surface area contributed by atoms with E-state index >= 15 is 0 Å². The van der Waals surface area contributed by atoms with Gasteiger partial charge in [0.1, 0.15) is 17.3 Å². The van der Waals surface area contributed by atoms with Crippen LogP contribution in [0.2, 0.25) is 0 Å². The minimum atomic E-state index is -1.19. The van der Waals surface area contributed by atoms with Gasteiger partial charge in [-0.15, -0.1) is 0 Å². The fourth-order valence-corrected chi connectivity index (χ4v) is 6.12. The smallest absolute Gasteiger partial charge is 0.245 e. The Bertz CT molecular complexity index is 930. The highest BCUT2D eigenvalue weighted by Gasteiger charge is 2.42. The molecule has 1 amide bonds. The summed E-state index contributed by atoms with van der Waals surface area (Å²) in [5, 5.41) is 0. The summed E-state index contributed by atoms with van der Waals surface area (Å²) in [5.41, 5.74) is 3.35. The molecule has 2 saturated heterocycles. The summed E-state index contributed by atoms with van der Waals surface area (Å²) in [4.78, 5) is 18.2. The Hall–Kier alpha value is -2.29. The van der Waals surface area contributed by atoms with E-state index in [2.05, 4.69) is 5.48 Å². The molecule has 0 aliphatic carbocycles. The molecule has 0 spiro atoms.